The van der Waals surface area contributed by atoms with Crippen molar-refractivity contribution in [1.82, 2.24) is 4.90 Å². The van der Waals surface area contributed by atoms with Crippen molar-refractivity contribution in [3.63, 3.8) is 0 Å². The maximum Gasteiger partial charge on any atom is 0.224 e. The Morgan fingerprint density at radius 2 is 2.04 bits per heavy atom. The topological polar surface area (TPSA) is 41.6 Å². The molecule has 0 aromatic heterocycles. The smallest absolute Gasteiger partial charge is 0.224 e. The Bertz CT molecular complexity index is 888. The number of carbonyl (C=O) groups is 1. The minimum Gasteiger partial charge on any atom is -0.493 e. The van der Waals surface area contributed by atoms with Gasteiger partial charge in [0.05, 0.1) is 6.61 Å². The van der Waals surface area contributed by atoms with E-state index in [2.05, 4.69) is 53.5 Å². The number of nitrogens with zero attached hydrogens (tertiary/aromatic N) is 1. The fraction of sp³-hybridized carbons (Fsp3) is 0.375. The summed E-state index contributed by atoms with van der Waals surface area (Å²) in [6, 6.07) is 14.8. The van der Waals surface area contributed by atoms with Crippen LogP contribution in [-0.4, -0.2) is 37.0 Å². The number of aryl methyl sites for hydroxylation is 2. The monoisotopic (exact) mass is 376 g/mol. The van der Waals surface area contributed by atoms with Crippen molar-refractivity contribution in [3.8, 4) is 5.75 Å². The van der Waals surface area contributed by atoms with Crippen molar-refractivity contribution in [2.45, 2.75) is 32.6 Å². The number of hydrogen-bond acceptors (Lipinski definition) is 3. The van der Waals surface area contributed by atoms with Crippen LogP contribution in [0.5, 0.6) is 5.75 Å². The second-order valence-electron chi connectivity index (χ2n) is 7.72. The number of carbonyl (C=O) groups excluding carboxylic acids is 1. The molecule has 2 aromatic rings. The highest BCUT2D eigenvalue weighted by atomic mass is 16.5. The molecule has 2 heterocycles. The number of hydrogen-bond donors (Lipinski definition) is 1. The summed E-state index contributed by atoms with van der Waals surface area (Å²) in [7, 11) is 0. The predicted octanol–water partition coefficient (Wildman–Crippen LogP) is 4.44. The Labute approximate surface area is 167 Å². The van der Waals surface area contributed by atoms with Gasteiger partial charge >= 0.3 is 0 Å². The van der Waals surface area contributed by atoms with E-state index in [9.17, 15) is 4.79 Å². The number of ether oxygens (including phenoxy) is 1. The molecular weight excluding hydrogens is 348 g/mol. The Balaban J connectivity index is 1.22. The molecule has 4 nitrogen and oxygen atoms in total. The van der Waals surface area contributed by atoms with E-state index in [-0.39, 0.29) is 5.91 Å². The summed E-state index contributed by atoms with van der Waals surface area (Å²) in [5.41, 5.74) is 6.24. The summed E-state index contributed by atoms with van der Waals surface area (Å²) < 4.78 is 5.91. The molecule has 0 radical (unpaired) electrons. The Morgan fingerprint density at radius 3 is 2.86 bits per heavy atom. The maximum atomic E-state index is 11.5. The first-order valence-corrected chi connectivity index (χ1v) is 10.2. The van der Waals surface area contributed by atoms with Gasteiger partial charge in [0.15, 0.2) is 0 Å². The lowest BCUT2D eigenvalue weighted by atomic mass is 9.98. The number of rotatable bonds is 6. The lowest BCUT2D eigenvalue weighted by Crippen LogP contribution is -2.30. The third kappa shape index (κ3) is 4.63. The zero-order valence-electron chi connectivity index (χ0n) is 16.5. The first-order chi connectivity index (χ1) is 13.7. The molecule has 4 rings (SSSR count). The molecule has 0 atom stereocenters. The minimum absolute atomic E-state index is 0.0906. The van der Waals surface area contributed by atoms with Gasteiger partial charge in [-0.1, -0.05) is 42.0 Å². The molecule has 0 saturated carbocycles. The molecule has 2 aliphatic heterocycles. The third-order valence-corrected chi connectivity index (χ3v) is 5.55. The molecule has 2 aromatic carbocycles. The van der Waals surface area contributed by atoms with Gasteiger partial charge < -0.3 is 10.1 Å². The third-order valence-electron chi connectivity index (χ3n) is 5.55. The molecule has 0 aliphatic carbocycles. The molecule has 4 heteroatoms. The van der Waals surface area contributed by atoms with Gasteiger partial charge in [0.25, 0.3) is 0 Å². The van der Waals surface area contributed by atoms with E-state index in [0.717, 1.165) is 50.3 Å². The van der Waals surface area contributed by atoms with Crippen LogP contribution in [0.15, 0.2) is 48.5 Å². The van der Waals surface area contributed by atoms with E-state index < -0.39 is 0 Å². The van der Waals surface area contributed by atoms with Crippen LogP contribution in [0.3, 0.4) is 0 Å². The second kappa shape index (κ2) is 8.61. The highest BCUT2D eigenvalue weighted by Crippen LogP contribution is 2.27. The van der Waals surface area contributed by atoms with Crippen LogP contribution >= 0.6 is 0 Å². The van der Waals surface area contributed by atoms with Crippen molar-refractivity contribution in [2.24, 2.45) is 0 Å². The average molecular weight is 377 g/mol. The average Bonchev–Trinajstić information content (AvgIpc) is 2.71. The molecule has 1 amide bonds. The highest BCUT2D eigenvalue weighted by Gasteiger charge is 2.15. The first-order valence-electron chi connectivity index (χ1n) is 10.2. The quantitative estimate of drug-likeness (QED) is 0.758. The molecule has 28 heavy (non-hydrogen) atoms. The van der Waals surface area contributed by atoms with E-state index in [1.54, 1.807) is 0 Å². The molecular formula is C24H28N2O2. The Hall–Kier alpha value is -2.59. The maximum absolute atomic E-state index is 11.5. The van der Waals surface area contributed by atoms with Crippen LogP contribution in [0, 0.1) is 6.92 Å². The molecule has 146 valence electrons. The van der Waals surface area contributed by atoms with Crippen LogP contribution in [-0.2, 0) is 11.2 Å². The number of amides is 1. The fourth-order valence-corrected chi connectivity index (χ4v) is 3.94. The number of fused-ring (bicyclic) bond motifs is 1. The van der Waals surface area contributed by atoms with Crippen molar-refractivity contribution in [2.75, 3.05) is 31.6 Å². The Kier molecular flexibility index (Phi) is 5.77. The second-order valence-corrected chi connectivity index (χ2v) is 7.72. The van der Waals surface area contributed by atoms with Crippen molar-refractivity contribution < 1.29 is 9.53 Å². The lowest BCUT2D eigenvalue weighted by molar-refractivity contribution is -0.116. The number of benzene rings is 2. The van der Waals surface area contributed by atoms with Gasteiger partial charge in [0.1, 0.15) is 5.75 Å². The van der Waals surface area contributed by atoms with Crippen LogP contribution in [0.4, 0.5) is 5.69 Å². The summed E-state index contributed by atoms with van der Waals surface area (Å²) in [6.45, 7) is 5.99. The van der Waals surface area contributed by atoms with Gasteiger partial charge in [-0.25, -0.2) is 0 Å². The van der Waals surface area contributed by atoms with E-state index in [1.807, 2.05) is 12.1 Å². The summed E-state index contributed by atoms with van der Waals surface area (Å²) in [5, 5.41) is 2.93. The van der Waals surface area contributed by atoms with Gasteiger partial charge in [-0.15, -0.1) is 0 Å². The van der Waals surface area contributed by atoms with Gasteiger partial charge in [-0.2, -0.15) is 0 Å². The zero-order valence-corrected chi connectivity index (χ0v) is 16.5. The molecule has 2 aliphatic rings. The molecule has 0 bridgehead atoms. The molecule has 0 spiro atoms. The summed E-state index contributed by atoms with van der Waals surface area (Å²) in [4.78, 5) is 14.0. The summed E-state index contributed by atoms with van der Waals surface area (Å²) >= 11 is 0. The van der Waals surface area contributed by atoms with Crippen molar-refractivity contribution >= 4 is 17.2 Å². The molecule has 0 saturated heterocycles. The fourth-order valence-electron chi connectivity index (χ4n) is 3.94. The van der Waals surface area contributed by atoms with Gasteiger partial charge in [-0.3, -0.25) is 9.69 Å². The predicted molar refractivity (Wildman–Crippen MR) is 114 cm³/mol. The zero-order chi connectivity index (χ0) is 19.3. The standard InChI is InChI=1S/C24H28N2O2/c1-18-4-2-5-21(16-18)19-10-13-26(14-11-19)12-3-15-28-22-8-6-20-7-9-24(27)25-23(20)17-22/h2,4-6,8,10,16-17H,3,7,9,11-15H2,1H3,(H,25,27). The number of anilines is 1. The molecule has 1 N–H and O–H groups in total. The van der Waals surface area contributed by atoms with Crippen LogP contribution < -0.4 is 10.1 Å². The van der Waals surface area contributed by atoms with Crippen molar-refractivity contribution in [3.05, 3.63) is 65.2 Å². The van der Waals surface area contributed by atoms with Crippen LogP contribution in [0.25, 0.3) is 5.57 Å². The Morgan fingerprint density at radius 1 is 1.11 bits per heavy atom. The normalized spacial score (nSPS) is 16.9. The van der Waals surface area contributed by atoms with E-state index in [1.165, 1.54) is 22.3 Å². The SMILES string of the molecule is Cc1cccc(C2=CCN(CCCOc3ccc4c(c3)NC(=O)CC4)CC2)c1. The molecule has 0 fully saturated rings. The van der Waals surface area contributed by atoms with E-state index in [4.69, 9.17) is 4.74 Å². The lowest BCUT2D eigenvalue weighted by Gasteiger charge is -2.26. The van der Waals surface area contributed by atoms with Gasteiger partial charge in [0.2, 0.25) is 5.91 Å². The van der Waals surface area contributed by atoms with E-state index in [0.29, 0.717) is 13.0 Å². The molecule has 0 unspecified atom stereocenters. The van der Waals surface area contributed by atoms with Gasteiger partial charge in [0, 0.05) is 37.8 Å². The highest BCUT2D eigenvalue weighted by molar-refractivity contribution is 5.94. The van der Waals surface area contributed by atoms with Gasteiger partial charge in [-0.05, 0) is 49.0 Å². The summed E-state index contributed by atoms with van der Waals surface area (Å²) in [5.74, 6) is 0.925. The largest absolute Gasteiger partial charge is 0.493 e. The van der Waals surface area contributed by atoms with Crippen molar-refractivity contribution in [1.29, 1.82) is 0 Å². The van der Waals surface area contributed by atoms with Crippen LogP contribution in [0.2, 0.25) is 0 Å². The first kappa shape index (κ1) is 18.8. The number of nitrogens with one attached hydrogen (secondary N) is 1. The summed E-state index contributed by atoms with van der Waals surface area (Å²) in [6.07, 6.45) is 5.86. The van der Waals surface area contributed by atoms with E-state index >= 15 is 0 Å². The van der Waals surface area contributed by atoms with Crippen LogP contribution in [0.1, 0.15) is 36.0 Å². The minimum atomic E-state index is 0.0906.